The van der Waals surface area contributed by atoms with Crippen molar-refractivity contribution in [3.8, 4) is 0 Å². The summed E-state index contributed by atoms with van der Waals surface area (Å²) in [4.78, 5) is 12.7. The summed E-state index contributed by atoms with van der Waals surface area (Å²) in [6.45, 7) is 0.804. The normalized spacial score (nSPS) is 29.6. The number of rotatable bonds is 1. The molecular formula is C7H12FN2OY-. The number of likely N-dealkylation sites (tertiary alicyclic amines) is 1. The van der Waals surface area contributed by atoms with Gasteiger partial charge in [0, 0.05) is 52.2 Å². The summed E-state index contributed by atoms with van der Waals surface area (Å²) in [6.07, 6.45) is 0.269. The van der Waals surface area contributed by atoms with Gasteiger partial charge < -0.3 is 10.2 Å². The van der Waals surface area contributed by atoms with E-state index in [9.17, 15) is 9.18 Å². The summed E-state index contributed by atoms with van der Waals surface area (Å²) in [5.41, 5.74) is -1.71. The summed E-state index contributed by atoms with van der Waals surface area (Å²) in [6, 6.07) is 0. The van der Waals surface area contributed by atoms with Gasteiger partial charge >= 0.3 is 0 Å². The molecule has 0 aliphatic carbocycles. The van der Waals surface area contributed by atoms with Crippen LogP contribution < -0.4 is 5.32 Å². The van der Waals surface area contributed by atoms with E-state index < -0.39 is 11.6 Å². The fourth-order valence-corrected chi connectivity index (χ4v) is 1.30. The van der Waals surface area contributed by atoms with Crippen molar-refractivity contribution in [2.45, 2.75) is 12.1 Å². The third-order valence-corrected chi connectivity index (χ3v) is 1.98. The number of nitrogens with one attached hydrogen (secondary N) is 1. The molecule has 5 heteroatoms. The number of halogens is 1. The zero-order chi connectivity index (χ0) is 8.48. The van der Waals surface area contributed by atoms with Crippen LogP contribution in [0.25, 0.3) is 0 Å². The van der Waals surface area contributed by atoms with E-state index in [1.165, 1.54) is 0 Å². The summed E-state index contributed by atoms with van der Waals surface area (Å²) in [5.74, 6) is -0.609. The van der Waals surface area contributed by atoms with E-state index in [2.05, 4.69) is 12.4 Å². The van der Waals surface area contributed by atoms with Crippen molar-refractivity contribution in [2.24, 2.45) is 0 Å². The van der Waals surface area contributed by atoms with E-state index in [0.717, 1.165) is 0 Å². The van der Waals surface area contributed by atoms with Crippen LogP contribution in [0.3, 0.4) is 0 Å². The van der Waals surface area contributed by atoms with E-state index in [0.29, 0.717) is 6.54 Å². The van der Waals surface area contributed by atoms with E-state index in [-0.39, 0.29) is 45.7 Å². The monoisotopic (exact) mass is 248 g/mol. The molecule has 0 saturated carbocycles. The molecule has 1 amide bonds. The summed E-state index contributed by atoms with van der Waals surface area (Å²) < 4.78 is 13.5. The Bertz CT molecular complexity index is 179. The average Bonchev–Trinajstić information content (AvgIpc) is 2.31. The van der Waals surface area contributed by atoms with Crippen LogP contribution in [0.1, 0.15) is 6.42 Å². The van der Waals surface area contributed by atoms with Crippen molar-refractivity contribution < 1.29 is 41.9 Å². The Labute approximate surface area is 96.9 Å². The summed E-state index contributed by atoms with van der Waals surface area (Å²) >= 11 is 0. The second kappa shape index (κ2) is 4.63. The average molecular weight is 248 g/mol. The first-order valence-corrected chi connectivity index (χ1v) is 3.53. The first kappa shape index (κ1) is 12.5. The number of carbonyl (C=O) groups excluding carboxylic acids is 1. The number of hydrogen-bond donors (Lipinski definition) is 1. The Morgan fingerprint density at radius 3 is 2.67 bits per heavy atom. The van der Waals surface area contributed by atoms with Gasteiger partial charge in [0.1, 0.15) is 0 Å². The smallest absolute Gasteiger partial charge is 0.229 e. The number of amides is 1. The van der Waals surface area contributed by atoms with Crippen LogP contribution in [0.4, 0.5) is 4.39 Å². The molecule has 1 heterocycles. The molecule has 1 unspecified atom stereocenters. The number of carbonyl (C=O) groups is 1. The van der Waals surface area contributed by atoms with Gasteiger partial charge in [-0.25, -0.2) is 4.39 Å². The maximum absolute atomic E-state index is 13.5. The van der Waals surface area contributed by atoms with Gasteiger partial charge in [0.05, 0.1) is 0 Å². The molecule has 1 rings (SSSR count). The molecule has 1 saturated heterocycles. The van der Waals surface area contributed by atoms with Crippen molar-refractivity contribution in [3.05, 3.63) is 7.05 Å². The molecule has 0 aromatic rings. The molecule has 0 aromatic carbocycles. The third-order valence-electron chi connectivity index (χ3n) is 1.98. The van der Waals surface area contributed by atoms with Gasteiger partial charge in [-0.2, -0.15) is 0 Å². The van der Waals surface area contributed by atoms with Gasteiger partial charge in [-0.15, -0.1) is 0 Å². The van der Waals surface area contributed by atoms with Crippen molar-refractivity contribution in [1.29, 1.82) is 0 Å². The Kier molecular flexibility index (Phi) is 4.81. The second-order valence-electron chi connectivity index (χ2n) is 2.96. The standard InChI is InChI=1S/C7H12FN2O.Y/c1-9-6(11)7(8)3-4-10(2)5-7;/h1,3-5H2,2H3,(H,9,11);/q-1;. The minimum atomic E-state index is -1.71. The summed E-state index contributed by atoms with van der Waals surface area (Å²) in [5, 5.41) is 2.08. The van der Waals surface area contributed by atoms with Crippen molar-refractivity contribution >= 4 is 5.91 Å². The van der Waals surface area contributed by atoms with Gasteiger partial charge in [-0.1, -0.05) is 0 Å². The molecule has 1 N–H and O–H groups in total. The molecule has 67 valence electrons. The van der Waals surface area contributed by atoms with Gasteiger partial charge in [0.25, 0.3) is 0 Å². The zero-order valence-corrected chi connectivity index (χ0v) is 9.98. The molecule has 1 aliphatic heterocycles. The maximum Gasteiger partial charge on any atom is 0.229 e. The topological polar surface area (TPSA) is 32.3 Å². The predicted octanol–water partition coefficient (Wildman–Crippen LogP) is -0.0645. The third kappa shape index (κ3) is 2.47. The molecule has 1 aliphatic rings. The number of nitrogens with zero attached hydrogens (tertiary/aromatic N) is 1. The van der Waals surface area contributed by atoms with Crippen LogP contribution in [0.2, 0.25) is 0 Å². The largest absolute Gasteiger partial charge is 0.506 e. The van der Waals surface area contributed by atoms with Gasteiger partial charge in [-0.3, -0.25) is 11.8 Å². The zero-order valence-electron chi connectivity index (χ0n) is 7.14. The van der Waals surface area contributed by atoms with Crippen LogP contribution in [-0.2, 0) is 37.5 Å². The SMILES string of the molecule is [CH2-]NC(=O)C1(F)CCN(C)C1.[Y]. The Morgan fingerprint density at radius 1 is 1.75 bits per heavy atom. The van der Waals surface area contributed by atoms with Crippen LogP contribution >= 0.6 is 0 Å². The molecule has 3 nitrogen and oxygen atoms in total. The predicted molar refractivity (Wildman–Crippen MR) is 39.5 cm³/mol. The van der Waals surface area contributed by atoms with Gasteiger partial charge in [0.15, 0.2) is 5.67 Å². The van der Waals surface area contributed by atoms with Gasteiger partial charge in [0.2, 0.25) is 5.91 Å². The molecule has 0 bridgehead atoms. The minimum Gasteiger partial charge on any atom is -0.506 e. The maximum atomic E-state index is 13.5. The number of hydrogen-bond acceptors (Lipinski definition) is 2. The molecule has 0 aromatic heterocycles. The molecule has 0 spiro atoms. The number of alkyl halides is 1. The Balaban J connectivity index is 0.00000121. The van der Waals surface area contributed by atoms with Crippen LogP contribution in [0.15, 0.2) is 0 Å². The molecule has 1 atom stereocenters. The molecule has 1 fully saturated rings. The van der Waals surface area contributed by atoms with Crippen molar-refractivity contribution in [2.75, 3.05) is 20.1 Å². The van der Waals surface area contributed by atoms with Crippen LogP contribution in [0.5, 0.6) is 0 Å². The molecular weight excluding hydrogens is 236 g/mol. The second-order valence-corrected chi connectivity index (χ2v) is 2.96. The Morgan fingerprint density at radius 2 is 2.33 bits per heavy atom. The molecule has 12 heavy (non-hydrogen) atoms. The van der Waals surface area contributed by atoms with Crippen molar-refractivity contribution in [3.63, 3.8) is 0 Å². The van der Waals surface area contributed by atoms with E-state index in [1.54, 1.807) is 11.9 Å². The Hall–Kier alpha value is 0.464. The molecule has 1 radical (unpaired) electrons. The first-order valence-electron chi connectivity index (χ1n) is 3.53. The van der Waals surface area contributed by atoms with Gasteiger partial charge in [-0.05, 0) is 7.05 Å². The van der Waals surface area contributed by atoms with E-state index >= 15 is 0 Å². The quantitative estimate of drug-likeness (QED) is 0.659. The van der Waals surface area contributed by atoms with E-state index in [1.807, 2.05) is 0 Å². The van der Waals surface area contributed by atoms with Crippen LogP contribution in [-0.4, -0.2) is 36.6 Å². The fourth-order valence-electron chi connectivity index (χ4n) is 1.30. The van der Waals surface area contributed by atoms with Crippen LogP contribution in [0, 0.1) is 7.05 Å². The van der Waals surface area contributed by atoms with E-state index in [4.69, 9.17) is 0 Å². The first-order chi connectivity index (χ1) is 5.08. The summed E-state index contributed by atoms with van der Waals surface area (Å²) in [7, 11) is 4.93. The van der Waals surface area contributed by atoms with Crippen molar-refractivity contribution in [1.82, 2.24) is 10.2 Å². The fraction of sp³-hybridized carbons (Fsp3) is 0.714. The minimum absolute atomic E-state index is 0.